The van der Waals surface area contributed by atoms with Gasteiger partial charge in [0.05, 0.1) is 26.4 Å². The Labute approximate surface area is 138 Å². The van der Waals surface area contributed by atoms with Gasteiger partial charge in [0, 0.05) is 31.7 Å². The molecule has 2 aliphatic rings. The fourth-order valence-electron chi connectivity index (χ4n) is 3.23. The lowest BCUT2D eigenvalue weighted by Crippen LogP contribution is -2.57. The predicted octanol–water partition coefficient (Wildman–Crippen LogP) is 1.98. The van der Waals surface area contributed by atoms with Crippen LogP contribution in [0.15, 0.2) is 18.2 Å². The van der Waals surface area contributed by atoms with Crippen LogP contribution in [0.25, 0.3) is 0 Å². The molecule has 0 unspecified atom stereocenters. The number of hydrogen-bond donors (Lipinski definition) is 0. The van der Waals surface area contributed by atoms with Crippen LogP contribution in [0, 0.1) is 0 Å². The Kier molecular flexibility index (Phi) is 4.87. The van der Waals surface area contributed by atoms with Crippen molar-refractivity contribution < 1.29 is 14.3 Å². The molecule has 1 aromatic rings. The maximum absolute atomic E-state index is 12.7. The van der Waals surface area contributed by atoms with Gasteiger partial charge in [-0.1, -0.05) is 19.9 Å². The molecule has 5 nitrogen and oxygen atoms in total. The zero-order valence-electron chi connectivity index (χ0n) is 14.2. The Balaban J connectivity index is 1.66. The second-order valence-corrected chi connectivity index (χ2v) is 6.63. The summed E-state index contributed by atoms with van der Waals surface area (Å²) in [5.41, 5.74) is 1.85. The summed E-state index contributed by atoms with van der Waals surface area (Å²) in [5, 5.41) is 0. The molecule has 1 aromatic carbocycles. The van der Waals surface area contributed by atoms with Gasteiger partial charge in [-0.3, -0.25) is 9.69 Å². The monoisotopic (exact) mass is 318 g/mol. The van der Waals surface area contributed by atoms with E-state index in [1.54, 1.807) is 7.11 Å². The standard InChI is InChI=1S/C18H26N2O3/c1-13(2)16-5-4-14(10-17(16)22-3)18(21)20-8-6-19(7-9-20)15-11-23-12-15/h4-5,10,13,15H,6-9,11-12H2,1-3H3. The summed E-state index contributed by atoms with van der Waals surface area (Å²) in [6, 6.07) is 6.37. The topological polar surface area (TPSA) is 42.0 Å². The van der Waals surface area contributed by atoms with E-state index < -0.39 is 0 Å². The van der Waals surface area contributed by atoms with Crippen LogP contribution in [0.3, 0.4) is 0 Å². The minimum absolute atomic E-state index is 0.100. The molecule has 126 valence electrons. The quantitative estimate of drug-likeness (QED) is 0.851. The third-order valence-electron chi connectivity index (χ3n) is 4.84. The SMILES string of the molecule is COc1cc(C(=O)N2CCN(C3COC3)CC2)ccc1C(C)C. The molecule has 2 heterocycles. The third-order valence-corrected chi connectivity index (χ3v) is 4.84. The van der Waals surface area contributed by atoms with E-state index in [0.717, 1.165) is 50.7 Å². The molecule has 23 heavy (non-hydrogen) atoms. The minimum atomic E-state index is 0.100. The van der Waals surface area contributed by atoms with Crippen LogP contribution in [-0.2, 0) is 4.74 Å². The van der Waals surface area contributed by atoms with Gasteiger partial charge in [-0.2, -0.15) is 0 Å². The average Bonchev–Trinajstić information content (AvgIpc) is 2.52. The van der Waals surface area contributed by atoms with Gasteiger partial charge in [-0.25, -0.2) is 0 Å². The van der Waals surface area contributed by atoms with E-state index in [1.807, 2.05) is 23.1 Å². The summed E-state index contributed by atoms with van der Waals surface area (Å²) in [7, 11) is 1.66. The largest absolute Gasteiger partial charge is 0.496 e. The van der Waals surface area contributed by atoms with Crippen LogP contribution < -0.4 is 4.74 Å². The number of nitrogens with zero attached hydrogens (tertiary/aromatic N) is 2. The van der Waals surface area contributed by atoms with E-state index in [2.05, 4.69) is 18.7 Å². The zero-order valence-corrected chi connectivity index (χ0v) is 14.2. The van der Waals surface area contributed by atoms with E-state index in [9.17, 15) is 4.79 Å². The number of piperazine rings is 1. The molecular weight excluding hydrogens is 292 g/mol. The van der Waals surface area contributed by atoms with Gasteiger partial charge >= 0.3 is 0 Å². The van der Waals surface area contributed by atoms with E-state index >= 15 is 0 Å². The Morgan fingerprint density at radius 1 is 1.22 bits per heavy atom. The van der Waals surface area contributed by atoms with Crippen molar-refractivity contribution in [2.24, 2.45) is 0 Å². The number of ether oxygens (including phenoxy) is 2. The number of carbonyl (C=O) groups excluding carboxylic acids is 1. The number of methoxy groups -OCH3 is 1. The lowest BCUT2D eigenvalue weighted by Gasteiger charge is -2.42. The first kappa shape index (κ1) is 16.3. The molecule has 0 N–H and O–H groups in total. The van der Waals surface area contributed by atoms with E-state index in [0.29, 0.717) is 17.5 Å². The Morgan fingerprint density at radius 2 is 1.91 bits per heavy atom. The molecule has 0 atom stereocenters. The molecule has 0 aromatic heterocycles. The first-order valence-electron chi connectivity index (χ1n) is 8.39. The predicted molar refractivity (Wildman–Crippen MR) is 89.2 cm³/mol. The molecule has 3 rings (SSSR count). The van der Waals surface area contributed by atoms with Gasteiger partial charge in [-0.15, -0.1) is 0 Å². The van der Waals surface area contributed by atoms with Crippen molar-refractivity contribution in [2.45, 2.75) is 25.8 Å². The first-order valence-corrected chi connectivity index (χ1v) is 8.39. The lowest BCUT2D eigenvalue weighted by molar-refractivity contribution is -0.0746. The molecule has 2 aliphatic heterocycles. The molecule has 0 saturated carbocycles. The van der Waals surface area contributed by atoms with Gasteiger partial charge in [0.2, 0.25) is 0 Å². The van der Waals surface area contributed by atoms with Gasteiger partial charge in [0.1, 0.15) is 5.75 Å². The number of carbonyl (C=O) groups is 1. The Bertz CT molecular complexity index is 561. The van der Waals surface area contributed by atoms with Crippen LogP contribution >= 0.6 is 0 Å². The molecule has 0 spiro atoms. The maximum atomic E-state index is 12.7. The van der Waals surface area contributed by atoms with Crippen LogP contribution in [0.1, 0.15) is 35.7 Å². The van der Waals surface area contributed by atoms with Crippen molar-refractivity contribution >= 4 is 5.91 Å². The van der Waals surface area contributed by atoms with Gasteiger partial charge in [-0.05, 0) is 23.6 Å². The highest BCUT2D eigenvalue weighted by molar-refractivity contribution is 5.94. The smallest absolute Gasteiger partial charge is 0.254 e. The zero-order chi connectivity index (χ0) is 16.4. The van der Waals surface area contributed by atoms with Crippen LogP contribution in [0.5, 0.6) is 5.75 Å². The molecule has 0 aliphatic carbocycles. The molecule has 0 bridgehead atoms. The number of benzene rings is 1. The molecule has 0 radical (unpaired) electrons. The van der Waals surface area contributed by atoms with Crippen molar-refractivity contribution in [1.29, 1.82) is 0 Å². The number of rotatable bonds is 4. The Hall–Kier alpha value is -1.59. The average molecular weight is 318 g/mol. The molecule has 2 saturated heterocycles. The second-order valence-electron chi connectivity index (χ2n) is 6.63. The second kappa shape index (κ2) is 6.89. The summed E-state index contributed by atoms with van der Waals surface area (Å²) in [6.07, 6.45) is 0. The summed E-state index contributed by atoms with van der Waals surface area (Å²) in [4.78, 5) is 17.1. The highest BCUT2D eigenvalue weighted by Gasteiger charge is 2.30. The first-order chi connectivity index (χ1) is 11.1. The molecule has 5 heteroatoms. The lowest BCUT2D eigenvalue weighted by atomic mass is 9.99. The van der Waals surface area contributed by atoms with Gasteiger partial charge in [0.25, 0.3) is 5.91 Å². The summed E-state index contributed by atoms with van der Waals surface area (Å²) < 4.78 is 10.7. The highest BCUT2D eigenvalue weighted by Crippen LogP contribution is 2.28. The van der Waals surface area contributed by atoms with Crippen molar-refractivity contribution in [3.8, 4) is 5.75 Å². The Morgan fingerprint density at radius 3 is 2.43 bits per heavy atom. The minimum Gasteiger partial charge on any atom is -0.496 e. The van der Waals surface area contributed by atoms with E-state index in [4.69, 9.17) is 9.47 Å². The van der Waals surface area contributed by atoms with Gasteiger partial charge in [0.15, 0.2) is 0 Å². The van der Waals surface area contributed by atoms with Crippen LogP contribution in [0.4, 0.5) is 0 Å². The normalized spacial score (nSPS) is 19.7. The summed E-state index contributed by atoms with van der Waals surface area (Å²) in [5.74, 6) is 1.28. The molecule has 1 amide bonds. The van der Waals surface area contributed by atoms with E-state index in [-0.39, 0.29) is 5.91 Å². The summed E-state index contributed by atoms with van der Waals surface area (Å²) >= 11 is 0. The maximum Gasteiger partial charge on any atom is 0.254 e. The molecule has 2 fully saturated rings. The van der Waals surface area contributed by atoms with Crippen LogP contribution in [-0.4, -0.2) is 68.3 Å². The summed E-state index contributed by atoms with van der Waals surface area (Å²) in [6.45, 7) is 9.35. The van der Waals surface area contributed by atoms with Crippen molar-refractivity contribution in [3.05, 3.63) is 29.3 Å². The molecular formula is C18H26N2O3. The fraction of sp³-hybridized carbons (Fsp3) is 0.611. The van der Waals surface area contributed by atoms with Crippen LogP contribution in [0.2, 0.25) is 0 Å². The van der Waals surface area contributed by atoms with Crippen molar-refractivity contribution in [2.75, 3.05) is 46.5 Å². The van der Waals surface area contributed by atoms with Crippen molar-refractivity contribution in [1.82, 2.24) is 9.80 Å². The van der Waals surface area contributed by atoms with Crippen molar-refractivity contribution in [3.63, 3.8) is 0 Å². The third kappa shape index (κ3) is 3.35. The van der Waals surface area contributed by atoms with Gasteiger partial charge < -0.3 is 14.4 Å². The fourth-order valence-corrected chi connectivity index (χ4v) is 3.23. The number of hydrogen-bond acceptors (Lipinski definition) is 4. The van der Waals surface area contributed by atoms with E-state index in [1.165, 1.54) is 0 Å². The number of amides is 1. The highest BCUT2D eigenvalue weighted by atomic mass is 16.5.